The molecular formula is C14H18BrNOS. The molecule has 0 aromatic heterocycles. The summed E-state index contributed by atoms with van der Waals surface area (Å²) in [6.45, 7) is 4.08. The fraction of sp³-hybridized carbons (Fsp3) is 0.500. The number of amides is 1. The van der Waals surface area contributed by atoms with E-state index in [0.717, 1.165) is 36.2 Å². The summed E-state index contributed by atoms with van der Waals surface area (Å²) in [5.41, 5.74) is 0. The van der Waals surface area contributed by atoms with Crippen LogP contribution < -0.4 is 0 Å². The van der Waals surface area contributed by atoms with E-state index in [1.54, 1.807) is 0 Å². The summed E-state index contributed by atoms with van der Waals surface area (Å²) in [6, 6.07) is 8.39. The normalized spacial score (nSPS) is 17.2. The quantitative estimate of drug-likeness (QED) is 0.766. The van der Waals surface area contributed by atoms with Gasteiger partial charge in [0.1, 0.15) is 0 Å². The second-order valence-electron chi connectivity index (χ2n) is 4.81. The highest BCUT2D eigenvalue weighted by atomic mass is 79.9. The van der Waals surface area contributed by atoms with Crippen molar-refractivity contribution in [3.8, 4) is 0 Å². The molecular weight excluding hydrogens is 310 g/mol. The largest absolute Gasteiger partial charge is 0.342 e. The average molecular weight is 328 g/mol. The number of thioether (sulfide) groups is 1. The molecule has 4 heteroatoms. The minimum absolute atomic E-state index is 0.329. The molecule has 1 amide bonds. The minimum atomic E-state index is 0.329. The highest BCUT2D eigenvalue weighted by Crippen LogP contribution is 2.23. The molecule has 18 heavy (non-hydrogen) atoms. The van der Waals surface area contributed by atoms with Crippen molar-refractivity contribution >= 4 is 33.6 Å². The van der Waals surface area contributed by atoms with Crippen LogP contribution in [-0.2, 0) is 4.79 Å². The van der Waals surface area contributed by atoms with Crippen molar-refractivity contribution < 1.29 is 4.79 Å². The van der Waals surface area contributed by atoms with Gasteiger partial charge in [-0.05, 0) is 36.6 Å². The number of halogens is 1. The zero-order valence-electron chi connectivity index (χ0n) is 10.6. The molecule has 1 unspecified atom stereocenters. The maximum absolute atomic E-state index is 11.5. The molecule has 1 saturated heterocycles. The lowest BCUT2D eigenvalue weighted by molar-refractivity contribution is -0.128. The molecule has 2 rings (SSSR count). The molecule has 0 aliphatic carbocycles. The molecule has 1 aliphatic heterocycles. The zero-order chi connectivity index (χ0) is 13.0. The van der Waals surface area contributed by atoms with Gasteiger partial charge in [0.25, 0.3) is 0 Å². The van der Waals surface area contributed by atoms with Gasteiger partial charge in [0.15, 0.2) is 0 Å². The molecule has 1 aromatic rings. The molecule has 1 heterocycles. The van der Waals surface area contributed by atoms with Gasteiger partial charge < -0.3 is 4.90 Å². The number of nitrogens with zero attached hydrogens (tertiary/aromatic N) is 1. The van der Waals surface area contributed by atoms with Crippen LogP contribution in [0.25, 0.3) is 0 Å². The Bertz CT molecular complexity index is 407. The number of likely N-dealkylation sites (tertiary alicyclic amines) is 1. The van der Waals surface area contributed by atoms with Crippen LogP contribution >= 0.6 is 27.7 Å². The van der Waals surface area contributed by atoms with E-state index in [4.69, 9.17) is 0 Å². The van der Waals surface area contributed by atoms with Crippen LogP contribution in [0.1, 0.15) is 19.8 Å². The van der Waals surface area contributed by atoms with Crippen LogP contribution in [0.15, 0.2) is 33.6 Å². The molecule has 2 nitrogen and oxygen atoms in total. The lowest BCUT2D eigenvalue weighted by Gasteiger charge is -2.20. The van der Waals surface area contributed by atoms with Crippen molar-refractivity contribution in [1.82, 2.24) is 4.90 Å². The predicted molar refractivity (Wildman–Crippen MR) is 79.8 cm³/mol. The third-order valence-electron chi connectivity index (χ3n) is 3.05. The summed E-state index contributed by atoms with van der Waals surface area (Å²) in [7, 11) is 0. The zero-order valence-corrected chi connectivity index (χ0v) is 13.0. The first-order valence-corrected chi connectivity index (χ1v) is 8.09. The number of carbonyl (C=O) groups is 1. The van der Waals surface area contributed by atoms with Crippen LogP contribution in [0, 0.1) is 5.92 Å². The number of benzene rings is 1. The topological polar surface area (TPSA) is 20.3 Å². The molecule has 1 fully saturated rings. The highest BCUT2D eigenvalue weighted by molar-refractivity contribution is 9.10. The molecule has 0 bridgehead atoms. The summed E-state index contributed by atoms with van der Waals surface area (Å²) < 4.78 is 1.11. The van der Waals surface area contributed by atoms with Crippen LogP contribution in [0.4, 0.5) is 0 Å². The van der Waals surface area contributed by atoms with Crippen molar-refractivity contribution in [2.45, 2.75) is 24.7 Å². The Kier molecular flexibility index (Phi) is 5.13. The first-order valence-electron chi connectivity index (χ1n) is 6.31. The predicted octanol–water partition coefficient (Wildman–Crippen LogP) is 3.80. The number of hydrogen-bond acceptors (Lipinski definition) is 2. The van der Waals surface area contributed by atoms with Crippen molar-refractivity contribution in [1.29, 1.82) is 0 Å². The lowest BCUT2D eigenvalue weighted by Crippen LogP contribution is -2.30. The fourth-order valence-corrected chi connectivity index (χ4v) is 3.27. The minimum Gasteiger partial charge on any atom is -0.342 e. The third kappa shape index (κ3) is 4.02. The van der Waals surface area contributed by atoms with E-state index in [9.17, 15) is 4.79 Å². The average Bonchev–Trinajstić information content (AvgIpc) is 2.74. The van der Waals surface area contributed by atoms with Crippen molar-refractivity contribution in [2.24, 2.45) is 5.92 Å². The summed E-state index contributed by atoms with van der Waals surface area (Å²) in [4.78, 5) is 14.8. The number of rotatable bonds is 5. The Morgan fingerprint density at radius 2 is 2.11 bits per heavy atom. The summed E-state index contributed by atoms with van der Waals surface area (Å²) in [5.74, 6) is 1.93. The van der Waals surface area contributed by atoms with Gasteiger partial charge in [-0.25, -0.2) is 0 Å². The van der Waals surface area contributed by atoms with Gasteiger partial charge in [0.05, 0.1) is 0 Å². The summed E-state index contributed by atoms with van der Waals surface area (Å²) in [5, 5.41) is 0. The van der Waals surface area contributed by atoms with Crippen LogP contribution in [0.3, 0.4) is 0 Å². The second kappa shape index (κ2) is 6.62. The van der Waals surface area contributed by atoms with Gasteiger partial charge in [-0.3, -0.25) is 4.79 Å². The molecule has 0 saturated carbocycles. The third-order valence-corrected chi connectivity index (χ3v) is 4.92. The Labute approximate surface area is 121 Å². The van der Waals surface area contributed by atoms with Gasteiger partial charge in [0, 0.05) is 34.6 Å². The Morgan fingerprint density at radius 3 is 2.72 bits per heavy atom. The van der Waals surface area contributed by atoms with Gasteiger partial charge in [0.2, 0.25) is 5.91 Å². The molecule has 0 radical (unpaired) electrons. The monoisotopic (exact) mass is 327 g/mol. The molecule has 1 aliphatic rings. The van der Waals surface area contributed by atoms with Crippen LogP contribution in [0.2, 0.25) is 0 Å². The van der Waals surface area contributed by atoms with E-state index >= 15 is 0 Å². The molecule has 98 valence electrons. The van der Waals surface area contributed by atoms with Crippen molar-refractivity contribution in [2.75, 3.05) is 18.8 Å². The van der Waals surface area contributed by atoms with E-state index < -0.39 is 0 Å². The molecule has 1 aromatic carbocycles. The van der Waals surface area contributed by atoms with Gasteiger partial charge in [-0.15, -0.1) is 11.8 Å². The van der Waals surface area contributed by atoms with Gasteiger partial charge >= 0.3 is 0 Å². The number of hydrogen-bond donors (Lipinski definition) is 0. The first-order chi connectivity index (χ1) is 8.65. The van der Waals surface area contributed by atoms with Gasteiger partial charge in [-0.1, -0.05) is 22.9 Å². The fourth-order valence-electron chi connectivity index (χ4n) is 2.10. The number of carbonyl (C=O) groups excluding carboxylic acids is 1. The first kappa shape index (κ1) is 13.9. The molecule has 1 atom stereocenters. The summed E-state index contributed by atoms with van der Waals surface area (Å²) >= 11 is 5.30. The Morgan fingerprint density at radius 1 is 1.39 bits per heavy atom. The maximum Gasteiger partial charge on any atom is 0.222 e. The lowest BCUT2D eigenvalue weighted by atomic mass is 10.2. The van der Waals surface area contributed by atoms with Crippen LogP contribution in [0.5, 0.6) is 0 Å². The summed E-state index contributed by atoms with van der Waals surface area (Å²) in [6.07, 6.45) is 1.78. The Balaban J connectivity index is 1.76. The van der Waals surface area contributed by atoms with E-state index in [1.165, 1.54) is 4.90 Å². The van der Waals surface area contributed by atoms with E-state index in [2.05, 4.69) is 47.1 Å². The Hall–Kier alpha value is -0.480. The smallest absolute Gasteiger partial charge is 0.222 e. The maximum atomic E-state index is 11.5. The molecule has 0 spiro atoms. The van der Waals surface area contributed by atoms with Crippen LogP contribution in [-0.4, -0.2) is 29.6 Å². The van der Waals surface area contributed by atoms with Gasteiger partial charge in [-0.2, -0.15) is 0 Å². The van der Waals surface area contributed by atoms with E-state index in [1.807, 2.05) is 16.7 Å². The van der Waals surface area contributed by atoms with E-state index in [-0.39, 0.29) is 0 Å². The SMILES string of the molecule is CC(CSc1ccc(Br)cc1)CN1CCCC1=O. The van der Waals surface area contributed by atoms with Crippen molar-refractivity contribution in [3.63, 3.8) is 0 Å². The standard InChI is InChI=1S/C14H18BrNOS/c1-11(9-16-8-2-3-14(16)17)10-18-13-6-4-12(15)5-7-13/h4-7,11H,2-3,8-10H2,1H3. The highest BCUT2D eigenvalue weighted by Gasteiger charge is 2.21. The second-order valence-corrected chi connectivity index (χ2v) is 6.82. The van der Waals surface area contributed by atoms with E-state index in [0.29, 0.717) is 11.8 Å². The molecule has 0 N–H and O–H groups in total. The van der Waals surface area contributed by atoms with Crippen molar-refractivity contribution in [3.05, 3.63) is 28.7 Å².